The number of amides is 1. The molecular formula is C16H10N2O3S2. The van der Waals surface area contributed by atoms with E-state index in [0.717, 1.165) is 5.69 Å². The molecule has 1 amide bonds. The fourth-order valence-corrected chi connectivity index (χ4v) is 3.41. The molecule has 23 heavy (non-hydrogen) atoms. The quantitative estimate of drug-likeness (QED) is 0.365. The van der Waals surface area contributed by atoms with Gasteiger partial charge in [0.2, 0.25) is 0 Å². The van der Waals surface area contributed by atoms with E-state index >= 15 is 0 Å². The third kappa shape index (κ3) is 3.15. The van der Waals surface area contributed by atoms with Gasteiger partial charge in [-0.15, -0.1) is 0 Å². The van der Waals surface area contributed by atoms with Gasteiger partial charge in [0.1, 0.15) is 0 Å². The van der Waals surface area contributed by atoms with Crippen molar-refractivity contribution in [2.24, 2.45) is 0 Å². The zero-order valence-corrected chi connectivity index (χ0v) is 13.3. The third-order valence-corrected chi connectivity index (χ3v) is 4.51. The van der Waals surface area contributed by atoms with Crippen molar-refractivity contribution < 1.29 is 9.72 Å². The first-order valence-electron chi connectivity index (χ1n) is 6.64. The van der Waals surface area contributed by atoms with Crippen LogP contribution in [0.25, 0.3) is 6.08 Å². The number of benzene rings is 2. The lowest BCUT2D eigenvalue weighted by molar-refractivity contribution is -0.384. The molecule has 0 aromatic heterocycles. The van der Waals surface area contributed by atoms with E-state index in [4.69, 9.17) is 12.2 Å². The smallest absolute Gasteiger partial charge is 0.268 e. The van der Waals surface area contributed by atoms with Crippen molar-refractivity contribution >= 4 is 51.7 Å². The zero-order chi connectivity index (χ0) is 16.4. The van der Waals surface area contributed by atoms with Crippen molar-refractivity contribution in [2.45, 2.75) is 0 Å². The first-order valence-corrected chi connectivity index (χ1v) is 7.86. The molecule has 1 aliphatic rings. The Morgan fingerprint density at radius 3 is 2.35 bits per heavy atom. The maximum atomic E-state index is 12.5. The van der Waals surface area contributed by atoms with Gasteiger partial charge in [0.05, 0.1) is 15.5 Å². The zero-order valence-electron chi connectivity index (χ0n) is 11.7. The van der Waals surface area contributed by atoms with Gasteiger partial charge in [-0.1, -0.05) is 42.2 Å². The summed E-state index contributed by atoms with van der Waals surface area (Å²) in [5.74, 6) is -0.190. The van der Waals surface area contributed by atoms with Crippen LogP contribution in [0, 0.1) is 10.1 Å². The summed E-state index contributed by atoms with van der Waals surface area (Å²) in [6.07, 6.45) is 1.69. The monoisotopic (exact) mass is 342 g/mol. The van der Waals surface area contributed by atoms with Gasteiger partial charge in [-0.25, -0.2) is 0 Å². The summed E-state index contributed by atoms with van der Waals surface area (Å²) in [4.78, 5) is 24.7. The highest BCUT2D eigenvalue weighted by molar-refractivity contribution is 8.27. The van der Waals surface area contributed by atoms with Gasteiger partial charge in [0, 0.05) is 12.1 Å². The summed E-state index contributed by atoms with van der Waals surface area (Å²) in [5.41, 5.74) is 1.45. The number of hydrogen-bond donors (Lipinski definition) is 0. The fourth-order valence-electron chi connectivity index (χ4n) is 2.11. The van der Waals surface area contributed by atoms with Crippen LogP contribution in [0.1, 0.15) is 5.56 Å². The van der Waals surface area contributed by atoms with Crippen molar-refractivity contribution in [3.8, 4) is 0 Å². The maximum absolute atomic E-state index is 12.5. The maximum Gasteiger partial charge on any atom is 0.270 e. The highest BCUT2D eigenvalue weighted by Crippen LogP contribution is 2.35. The van der Waals surface area contributed by atoms with Crippen molar-refractivity contribution in [3.05, 3.63) is 75.2 Å². The van der Waals surface area contributed by atoms with Crippen LogP contribution in [0.4, 0.5) is 11.4 Å². The Morgan fingerprint density at radius 1 is 1.09 bits per heavy atom. The normalized spacial score (nSPS) is 16.2. The standard InChI is InChI=1S/C16H10N2O3S2/c19-15-14(10-11-6-8-13(9-7-11)18(20)21)23-16(22)17(15)12-4-2-1-3-5-12/h1-10H/b14-10-. The Morgan fingerprint density at radius 2 is 1.74 bits per heavy atom. The molecule has 0 spiro atoms. The van der Waals surface area contributed by atoms with Crippen molar-refractivity contribution in [2.75, 3.05) is 4.90 Å². The second kappa shape index (κ2) is 6.31. The Hall–Kier alpha value is -2.51. The van der Waals surface area contributed by atoms with E-state index in [0.29, 0.717) is 14.8 Å². The topological polar surface area (TPSA) is 63.4 Å². The predicted octanol–water partition coefficient (Wildman–Crippen LogP) is 4.00. The lowest BCUT2D eigenvalue weighted by Crippen LogP contribution is -2.27. The number of para-hydroxylation sites is 1. The Kier molecular flexibility index (Phi) is 4.22. The van der Waals surface area contributed by atoms with Crippen molar-refractivity contribution in [1.82, 2.24) is 0 Å². The van der Waals surface area contributed by atoms with E-state index in [1.165, 1.54) is 28.8 Å². The van der Waals surface area contributed by atoms with Gasteiger partial charge in [-0.2, -0.15) is 0 Å². The van der Waals surface area contributed by atoms with E-state index in [2.05, 4.69) is 0 Å². The lowest BCUT2D eigenvalue weighted by atomic mass is 10.2. The largest absolute Gasteiger partial charge is 0.270 e. The van der Waals surface area contributed by atoms with E-state index in [-0.39, 0.29) is 11.6 Å². The molecule has 2 aromatic rings. The minimum Gasteiger partial charge on any atom is -0.268 e. The van der Waals surface area contributed by atoms with Crippen LogP contribution in [0.2, 0.25) is 0 Å². The Labute approximate surface area is 141 Å². The van der Waals surface area contributed by atoms with E-state index in [1.807, 2.05) is 30.3 Å². The van der Waals surface area contributed by atoms with E-state index < -0.39 is 4.92 Å². The van der Waals surface area contributed by atoms with Crippen LogP contribution in [-0.2, 0) is 4.79 Å². The van der Waals surface area contributed by atoms with Crippen LogP contribution in [0.3, 0.4) is 0 Å². The number of carbonyl (C=O) groups excluding carboxylic acids is 1. The van der Waals surface area contributed by atoms with Crippen LogP contribution < -0.4 is 4.90 Å². The number of carbonyl (C=O) groups is 1. The minimum absolute atomic E-state index is 0.0129. The number of thiocarbonyl (C=S) groups is 1. The molecule has 1 fully saturated rings. The number of rotatable bonds is 3. The van der Waals surface area contributed by atoms with Crippen molar-refractivity contribution in [3.63, 3.8) is 0 Å². The van der Waals surface area contributed by atoms with Crippen LogP contribution >= 0.6 is 24.0 Å². The number of thioether (sulfide) groups is 1. The number of hydrogen-bond acceptors (Lipinski definition) is 5. The lowest BCUT2D eigenvalue weighted by Gasteiger charge is -2.13. The molecule has 0 saturated carbocycles. The fraction of sp³-hybridized carbons (Fsp3) is 0. The molecule has 0 N–H and O–H groups in total. The third-order valence-electron chi connectivity index (χ3n) is 3.21. The summed E-state index contributed by atoms with van der Waals surface area (Å²) in [5, 5.41) is 10.7. The summed E-state index contributed by atoms with van der Waals surface area (Å²) in [6, 6.07) is 15.2. The molecule has 0 unspecified atom stereocenters. The van der Waals surface area contributed by atoms with Crippen LogP contribution in [-0.4, -0.2) is 15.2 Å². The van der Waals surface area contributed by atoms with E-state index in [1.54, 1.807) is 18.2 Å². The van der Waals surface area contributed by atoms with Gasteiger partial charge < -0.3 is 0 Å². The predicted molar refractivity (Wildman–Crippen MR) is 95.2 cm³/mol. The molecule has 1 saturated heterocycles. The average Bonchev–Trinajstić information content (AvgIpc) is 2.82. The van der Waals surface area contributed by atoms with Gasteiger partial charge >= 0.3 is 0 Å². The Bertz CT molecular complexity index is 817. The van der Waals surface area contributed by atoms with Gasteiger partial charge in [0.25, 0.3) is 11.6 Å². The molecule has 5 nitrogen and oxygen atoms in total. The summed E-state index contributed by atoms with van der Waals surface area (Å²) in [6.45, 7) is 0. The first kappa shape index (κ1) is 15.4. The highest BCUT2D eigenvalue weighted by Gasteiger charge is 2.33. The molecule has 2 aromatic carbocycles. The number of nitrogens with zero attached hydrogens (tertiary/aromatic N) is 2. The number of nitro benzene ring substituents is 1. The molecule has 7 heteroatoms. The molecule has 0 atom stereocenters. The molecule has 0 radical (unpaired) electrons. The Balaban J connectivity index is 1.88. The molecule has 114 valence electrons. The van der Waals surface area contributed by atoms with Crippen LogP contribution in [0.5, 0.6) is 0 Å². The second-order valence-electron chi connectivity index (χ2n) is 4.70. The average molecular weight is 342 g/mol. The van der Waals surface area contributed by atoms with Crippen LogP contribution in [0.15, 0.2) is 59.5 Å². The molecule has 1 heterocycles. The summed E-state index contributed by atoms with van der Waals surface area (Å²) < 4.78 is 0.467. The molecule has 0 aliphatic carbocycles. The van der Waals surface area contributed by atoms with Gasteiger partial charge in [0.15, 0.2) is 4.32 Å². The van der Waals surface area contributed by atoms with Gasteiger partial charge in [-0.05, 0) is 35.9 Å². The molecule has 3 rings (SSSR count). The van der Waals surface area contributed by atoms with E-state index in [9.17, 15) is 14.9 Å². The number of anilines is 1. The van der Waals surface area contributed by atoms with Gasteiger partial charge in [-0.3, -0.25) is 19.8 Å². The highest BCUT2D eigenvalue weighted by atomic mass is 32.2. The summed E-state index contributed by atoms with van der Waals surface area (Å²) >= 11 is 6.50. The summed E-state index contributed by atoms with van der Waals surface area (Å²) in [7, 11) is 0. The minimum atomic E-state index is -0.460. The molecular weight excluding hydrogens is 332 g/mol. The number of nitro groups is 1. The SMILES string of the molecule is O=C1/C(=C/c2ccc([N+](=O)[O-])cc2)SC(=S)N1c1ccccc1. The molecule has 1 aliphatic heterocycles. The molecule has 0 bridgehead atoms. The second-order valence-corrected chi connectivity index (χ2v) is 6.38. The van der Waals surface area contributed by atoms with Crippen molar-refractivity contribution in [1.29, 1.82) is 0 Å². The first-order chi connectivity index (χ1) is 11.1. The number of non-ortho nitro benzene ring substituents is 1.